The van der Waals surface area contributed by atoms with E-state index in [1.165, 1.54) is 30.3 Å². The van der Waals surface area contributed by atoms with Gasteiger partial charge in [0.25, 0.3) is 0 Å². The third kappa shape index (κ3) is 10.1. The van der Waals surface area contributed by atoms with Gasteiger partial charge in [-0.3, -0.25) is 20.0 Å². The molecule has 2 unspecified atom stereocenters. The number of benzene rings is 2. The average Bonchev–Trinajstić information content (AvgIpc) is 3.18. The summed E-state index contributed by atoms with van der Waals surface area (Å²) in [5, 5.41) is 23.2. The van der Waals surface area contributed by atoms with E-state index in [1.54, 1.807) is 0 Å². The van der Waals surface area contributed by atoms with Crippen molar-refractivity contribution in [2.75, 3.05) is 65.4 Å². The Labute approximate surface area is 342 Å². The number of phenolic OH excluding ortho intramolecular Hbond substituents is 2. The van der Waals surface area contributed by atoms with Crippen LogP contribution in [0.25, 0.3) is 0 Å². The lowest BCUT2D eigenvalue weighted by atomic mass is 9.73. The molecule has 310 valence electrons. The number of rotatable bonds is 12. The van der Waals surface area contributed by atoms with Crippen molar-refractivity contribution in [3.8, 4) is 11.5 Å². The fraction of sp³-hybridized carbons (Fsp3) is 0.660. The number of aliphatic imine (C=N–C) groups is 4. The summed E-state index contributed by atoms with van der Waals surface area (Å²) in [6, 6.07) is 8.48. The van der Waals surface area contributed by atoms with Crippen LogP contribution in [0.4, 0.5) is 0 Å². The normalized spacial score (nSPS) is 22.8. The summed E-state index contributed by atoms with van der Waals surface area (Å²) in [4.78, 5) is 29.9. The Bertz CT molecular complexity index is 1840. The van der Waals surface area contributed by atoms with Gasteiger partial charge >= 0.3 is 0 Å². The highest BCUT2D eigenvalue weighted by Crippen LogP contribution is 2.39. The first-order valence-electron chi connectivity index (χ1n) is 22.2. The Morgan fingerprint density at radius 2 is 1.25 bits per heavy atom. The van der Waals surface area contributed by atoms with E-state index >= 15 is 0 Å². The molecule has 3 fully saturated rings. The number of phenols is 2. The highest BCUT2D eigenvalue weighted by Gasteiger charge is 2.35. The second-order valence-electron chi connectivity index (χ2n) is 19.2. The van der Waals surface area contributed by atoms with Crippen LogP contribution in [0.1, 0.15) is 126 Å². The minimum Gasteiger partial charge on any atom is -0.507 e. The van der Waals surface area contributed by atoms with Crippen LogP contribution in [0.5, 0.6) is 11.5 Å². The third-order valence-electron chi connectivity index (χ3n) is 12.9. The molecule has 2 atom stereocenters. The summed E-state index contributed by atoms with van der Waals surface area (Å²) >= 11 is 0. The molecule has 0 bridgehead atoms. The van der Waals surface area contributed by atoms with Crippen molar-refractivity contribution in [2.45, 2.75) is 130 Å². The van der Waals surface area contributed by atoms with Gasteiger partial charge in [-0.1, -0.05) is 46.8 Å². The maximum atomic E-state index is 11.7. The van der Waals surface area contributed by atoms with Crippen LogP contribution in [0.2, 0.25) is 0 Å². The molecule has 57 heavy (non-hydrogen) atoms. The molecule has 2 N–H and O–H groups in total. The first-order valence-corrected chi connectivity index (χ1v) is 22.2. The van der Waals surface area contributed by atoms with E-state index in [-0.39, 0.29) is 22.9 Å². The Balaban J connectivity index is 1.04. The first kappa shape index (κ1) is 41.1. The molecule has 0 radical (unpaired) electrons. The molecule has 1 saturated carbocycles. The first-order chi connectivity index (χ1) is 27.3. The lowest BCUT2D eigenvalue weighted by molar-refractivity contribution is 0.203. The van der Waals surface area contributed by atoms with E-state index in [2.05, 4.69) is 79.3 Å². The molecule has 7 rings (SSSR count). The van der Waals surface area contributed by atoms with E-state index in [4.69, 9.17) is 20.0 Å². The van der Waals surface area contributed by atoms with Gasteiger partial charge < -0.3 is 29.8 Å². The van der Waals surface area contributed by atoms with Gasteiger partial charge in [-0.05, 0) is 123 Å². The van der Waals surface area contributed by atoms with E-state index in [1.807, 2.05) is 18.5 Å². The Morgan fingerprint density at radius 3 is 1.82 bits per heavy atom. The van der Waals surface area contributed by atoms with Crippen LogP contribution in [-0.4, -0.2) is 132 Å². The molecule has 10 nitrogen and oxygen atoms in total. The largest absolute Gasteiger partial charge is 0.507 e. The van der Waals surface area contributed by atoms with Crippen molar-refractivity contribution >= 4 is 24.3 Å². The Morgan fingerprint density at radius 1 is 0.719 bits per heavy atom. The van der Waals surface area contributed by atoms with Gasteiger partial charge in [0, 0.05) is 89.0 Å². The molecule has 4 heterocycles. The number of hydrogen-bond acceptors (Lipinski definition) is 10. The zero-order chi connectivity index (χ0) is 40.2. The van der Waals surface area contributed by atoms with Crippen LogP contribution >= 0.6 is 0 Å². The topological polar surface area (TPSA) is 103 Å². The maximum absolute atomic E-state index is 11.7. The highest BCUT2D eigenvalue weighted by atomic mass is 16.3. The lowest BCUT2D eigenvalue weighted by Gasteiger charge is -2.41. The summed E-state index contributed by atoms with van der Waals surface area (Å²) in [6.07, 6.45) is 14.9. The number of nitrogens with zero attached hydrogens (tertiary/aromatic N) is 8. The van der Waals surface area contributed by atoms with Gasteiger partial charge in [-0.25, -0.2) is 0 Å². The number of hydrogen-bond donors (Lipinski definition) is 2. The maximum Gasteiger partial charge on any atom is 0.196 e. The van der Waals surface area contributed by atoms with Crippen molar-refractivity contribution in [3.05, 3.63) is 57.6 Å². The second kappa shape index (κ2) is 17.8. The molecule has 0 amide bonds. The van der Waals surface area contributed by atoms with E-state index < -0.39 is 0 Å². The van der Waals surface area contributed by atoms with Gasteiger partial charge in [-0.2, -0.15) is 0 Å². The SMILES string of the molecule is Cc1cc(C=NC2CCC(C)(C)CC2N=Cc2cc(C(C)(C)C)cc(CCCN3CCCN4CCCN=C43)c2O)c(O)c(CCCN2CCCN3CCCN=C32)c1. The van der Waals surface area contributed by atoms with Crippen molar-refractivity contribution in [1.29, 1.82) is 0 Å². The summed E-state index contributed by atoms with van der Waals surface area (Å²) in [5.41, 5.74) is 5.98. The Kier molecular flexibility index (Phi) is 12.8. The summed E-state index contributed by atoms with van der Waals surface area (Å²) < 4.78 is 0. The lowest BCUT2D eigenvalue weighted by Crippen LogP contribution is -2.52. The molecule has 10 heteroatoms. The highest BCUT2D eigenvalue weighted by molar-refractivity contribution is 5.86. The molecule has 5 aliphatic rings. The van der Waals surface area contributed by atoms with Crippen molar-refractivity contribution in [2.24, 2.45) is 25.4 Å². The van der Waals surface area contributed by atoms with Gasteiger partial charge in [-0.15, -0.1) is 0 Å². The van der Waals surface area contributed by atoms with Crippen molar-refractivity contribution < 1.29 is 10.2 Å². The van der Waals surface area contributed by atoms with Crippen molar-refractivity contribution in [1.82, 2.24) is 19.6 Å². The summed E-state index contributed by atoms with van der Waals surface area (Å²) in [5.74, 6) is 3.04. The van der Waals surface area contributed by atoms with Gasteiger partial charge in [0.15, 0.2) is 11.9 Å². The minimum atomic E-state index is -0.0670. The zero-order valence-electron chi connectivity index (χ0n) is 35.9. The van der Waals surface area contributed by atoms with Gasteiger partial charge in [0.05, 0.1) is 12.1 Å². The third-order valence-corrected chi connectivity index (χ3v) is 12.9. The summed E-state index contributed by atoms with van der Waals surface area (Å²) in [6.45, 7) is 23.8. The quantitative estimate of drug-likeness (QED) is 0.216. The molecule has 2 saturated heterocycles. The molecule has 2 aromatic carbocycles. The minimum absolute atomic E-state index is 0.00447. The fourth-order valence-electron chi connectivity index (χ4n) is 9.58. The van der Waals surface area contributed by atoms with Gasteiger partial charge in [0.2, 0.25) is 0 Å². The second-order valence-corrected chi connectivity index (χ2v) is 19.2. The molecule has 1 aliphatic carbocycles. The molecular formula is C47H70N8O2. The number of aromatic hydroxyl groups is 2. The van der Waals surface area contributed by atoms with Gasteiger partial charge in [0.1, 0.15) is 11.5 Å². The number of aryl methyl sites for hydroxylation is 3. The van der Waals surface area contributed by atoms with E-state index in [0.29, 0.717) is 11.5 Å². The van der Waals surface area contributed by atoms with Crippen LogP contribution in [0.3, 0.4) is 0 Å². The molecule has 2 aromatic rings. The van der Waals surface area contributed by atoms with Crippen LogP contribution in [0, 0.1) is 12.3 Å². The molecular weight excluding hydrogens is 709 g/mol. The number of guanidine groups is 2. The molecule has 4 aliphatic heterocycles. The standard InChI is InChI=1S/C47H70N8O2/c1-34-27-35(13-7-19-52-23-11-25-54-21-9-17-48-44(52)54)42(56)37(28-34)32-50-40-15-16-47(5,6)31-41(40)51-33-38-30-39(46(2,3)4)29-36(43(38)57)14-8-20-53-24-12-26-55-22-10-18-49-45(53)55/h27-30,32-33,40-41,56-57H,7-26,31H2,1-6H3. The molecule has 0 spiro atoms. The zero-order valence-corrected chi connectivity index (χ0v) is 35.9. The predicted octanol–water partition coefficient (Wildman–Crippen LogP) is 7.59. The molecule has 0 aromatic heterocycles. The fourth-order valence-corrected chi connectivity index (χ4v) is 9.58. The smallest absolute Gasteiger partial charge is 0.196 e. The van der Waals surface area contributed by atoms with E-state index in [9.17, 15) is 10.2 Å². The number of fused-ring (bicyclic) bond motifs is 2. The summed E-state index contributed by atoms with van der Waals surface area (Å²) in [7, 11) is 0. The van der Waals surface area contributed by atoms with Crippen LogP contribution in [-0.2, 0) is 18.3 Å². The van der Waals surface area contributed by atoms with E-state index in [0.717, 1.165) is 151 Å². The van der Waals surface area contributed by atoms with Crippen LogP contribution in [0.15, 0.2) is 44.2 Å². The predicted molar refractivity (Wildman–Crippen MR) is 236 cm³/mol. The van der Waals surface area contributed by atoms with Crippen LogP contribution < -0.4 is 0 Å². The monoisotopic (exact) mass is 779 g/mol. The Hall–Kier alpha value is -4.08. The average molecular weight is 779 g/mol. The van der Waals surface area contributed by atoms with Crippen molar-refractivity contribution in [3.63, 3.8) is 0 Å².